The molecule has 0 aromatic carbocycles. The first kappa shape index (κ1) is 50.5. The number of esters is 1. The lowest BCUT2D eigenvalue weighted by Gasteiger charge is -2.20. The Kier molecular flexibility index (Phi) is 39.4. The van der Waals surface area contributed by atoms with Crippen LogP contribution in [-0.4, -0.2) is 49.9 Å². The molecule has 0 aromatic heterocycles. The van der Waals surface area contributed by atoms with Gasteiger partial charge in [-0.05, 0) is 44.9 Å². The molecule has 9 heteroatoms. The molecule has 0 aliphatic heterocycles. The van der Waals surface area contributed by atoms with Crippen LogP contribution in [0.5, 0.6) is 0 Å². The highest BCUT2D eigenvalue weighted by molar-refractivity contribution is 7.47. The lowest BCUT2D eigenvalue weighted by Crippen LogP contribution is -2.28. The first-order valence-electron chi connectivity index (χ1n) is 21.1. The molecule has 3 N–H and O–H groups in total. The quantitative estimate of drug-likeness (QED) is 0.0275. The van der Waals surface area contributed by atoms with Crippen LogP contribution in [0.4, 0.5) is 0 Å². The summed E-state index contributed by atoms with van der Waals surface area (Å²) in [6, 6.07) is 0. The Balaban J connectivity index is 4.15. The van der Waals surface area contributed by atoms with E-state index in [0.717, 1.165) is 32.1 Å². The van der Waals surface area contributed by atoms with Crippen LogP contribution in [0.1, 0.15) is 181 Å². The minimum atomic E-state index is -4.29. The highest BCUT2D eigenvalue weighted by Gasteiger charge is 2.25. The Morgan fingerprint density at radius 1 is 0.577 bits per heavy atom. The summed E-state index contributed by atoms with van der Waals surface area (Å²) in [7, 11) is -4.29. The van der Waals surface area contributed by atoms with Crippen LogP contribution in [0.3, 0.4) is 0 Å². The van der Waals surface area contributed by atoms with Crippen LogP contribution in [0, 0.1) is 0 Å². The third-order valence-corrected chi connectivity index (χ3v) is 9.75. The van der Waals surface area contributed by atoms with Gasteiger partial charge in [0.2, 0.25) is 0 Å². The molecule has 0 aliphatic carbocycles. The van der Waals surface area contributed by atoms with Crippen molar-refractivity contribution in [3.63, 3.8) is 0 Å². The Hall–Kier alpha value is -1.54. The van der Waals surface area contributed by atoms with Crippen molar-refractivity contribution in [3.8, 4) is 0 Å². The van der Waals surface area contributed by atoms with Gasteiger partial charge in [-0.15, -0.1) is 0 Å². The van der Waals surface area contributed by atoms with Crippen LogP contribution in [0.15, 0.2) is 48.6 Å². The van der Waals surface area contributed by atoms with Crippen molar-refractivity contribution in [2.24, 2.45) is 5.73 Å². The summed E-state index contributed by atoms with van der Waals surface area (Å²) in [5.74, 6) is -0.407. The lowest BCUT2D eigenvalue weighted by molar-refractivity contribution is -0.154. The monoisotopic (exact) mass is 754 g/mol. The standard InChI is InChI=1S/C43H80NO7P/c1-3-5-7-9-11-13-15-17-19-21-22-24-26-28-30-32-34-36-43(45)51-42(41-50-52(46,47)49-39-37-44)40-48-38-35-33-31-29-27-25-23-20-18-16-14-12-10-8-6-4-2/h13,15,19,21,24,26,30,32,42H,3-12,14,16-18,20,22-23,25,27-29,31,33-41,44H2,1-2H3,(H,46,47). The van der Waals surface area contributed by atoms with Crippen molar-refractivity contribution in [1.82, 2.24) is 0 Å². The normalized spacial score (nSPS) is 14.0. The minimum Gasteiger partial charge on any atom is -0.457 e. The van der Waals surface area contributed by atoms with E-state index >= 15 is 0 Å². The number of hydrogen-bond donors (Lipinski definition) is 2. The van der Waals surface area contributed by atoms with Crippen molar-refractivity contribution < 1.29 is 32.8 Å². The van der Waals surface area contributed by atoms with Gasteiger partial charge in [-0.3, -0.25) is 13.8 Å². The van der Waals surface area contributed by atoms with Gasteiger partial charge in [0.05, 0.1) is 19.8 Å². The van der Waals surface area contributed by atoms with Gasteiger partial charge >= 0.3 is 13.8 Å². The molecular formula is C43H80NO7P. The highest BCUT2D eigenvalue weighted by atomic mass is 31.2. The number of nitrogens with two attached hydrogens (primary N) is 1. The molecule has 0 radical (unpaired) electrons. The average Bonchev–Trinajstić information content (AvgIpc) is 3.13. The summed E-state index contributed by atoms with van der Waals surface area (Å²) in [5.41, 5.74) is 5.36. The summed E-state index contributed by atoms with van der Waals surface area (Å²) < 4.78 is 33.3. The summed E-state index contributed by atoms with van der Waals surface area (Å²) in [4.78, 5) is 22.4. The van der Waals surface area contributed by atoms with E-state index in [1.807, 2.05) is 12.2 Å². The zero-order chi connectivity index (χ0) is 38.1. The van der Waals surface area contributed by atoms with Crippen molar-refractivity contribution in [2.75, 3.05) is 33.0 Å². The van der Waals surface area contributed by atoms with Gasteiger partial charge < -0.3 is 20.1 Å². The number of hydrogen-bond acceptors (Lipinski definition) is 7. The maximum atomic E-state index is 12.5. The zero-order valence-electron chi connectivity index (χ0n) is 33.5. The largest absolute Gasteiger partial charge is 0.472 e. The molecule has 0 amide bonds. The lowest BCUT2D eigenvalue weighted by atomic mass is 10.0. The molecule has 0 fully saturated rings. The van der Waals surface area contributed by atoms with Gasteiger partial charge in [0.1, 0.15) is 6.10 Å². The summed E-state index contributed by atoms with van der Waals surface area (Å²) in [6.07, 6.45) is 47.1. The van der Waals surface area contributed by atoms with Crippen molar-refractivity contribution in [2.45, 2.75) is 187 Å². The number of rotatable bonds is 40. The molecule has 0 saturated heterocycles. The molecule has 2 atom stereocenters. The topological polar surface area (TPSA) is 117 Å². The van der Waals surface area contributed by atoms with Crippen molar-refractivity contribution >= 4 is 13.8 Å². The molecule has 0 saturated carbocycles. The second kappa shape index (κ2) is 40.6. The molecule has 0 heterocycles. The predicted molar refractivity (Wildman–Crippen MR) is 219 cm³/mol. The second-order valence-electron chi connectivity index (χ2n) is 13.9. The smallest absolute Gasteiger partial charge is 0.457 e. The van der Waals surface area contributed by atoms with Gasteiger partial charge in [-0.2, -0.15) is 0 Å². The fourth-order valence-electron chi connectivity index (χ4n) is 5.65. The fourth-order valence-corrected chi connectivity index (χ4v) is 6.41. The maximum Gasteiger partial charge on any atom is 0.472 e. The Morgan fingerprint density at radius 3 is 1.52 bits per heavy atom. The Bertz CT molecular complexity index is 936. The fraction of sp³-hybridized carbons (Fsp3) is 0.791. The summed E-state index contributed by atoms with van der Waals surface area (Å²) in [6.45, 7) is 4.82. The minimum absolute atomic E-state index is 0.0891. The summed E-state index contributed by atoms with van der Waals surface area (Å²) >= 11 is 0. The first-order chi connectivity index (χ1) is 25.4. The third-order valence-electron chi connectivity index (χ3n) is 8.76. The van der Waals surface area contributed by atoms with Crippen molar-refractivity contribution in [3.05, 3.63) is 48.6 Å². The third kappa shape index (κ3) is 39.7. The van der Waals surface area contributed by atoms with E-state index in [9.17, 15) is 14.3 Å². The Morgan fingerprint density at radius 2 is 1.02 bits per heavy atom. The van der Waals surface area contributed by atoms with E-state index < -0.39 is 19.9 Å². The molecule has 8 nitrogen and oxygen atoms in total. The molecule has 52 heavy (non-hydrogen) atoms. The number of unbranched alkanes of at least 4 members (excludes halogenated alkanes) is 19. The van der Waals surface area contributed by atoms with E-state index in [1.165, 1.54) is 122 Å². The van der Waals surface area contributed by atoms with Crippen LogP contribution in [0.25, 0.3) is 0 Å². The molecule has 0 aromatic rings. The van der Waals surface area contributed by atoms with Gasteiger partial charge in [0, 0.05) is 19.6 Å². The molecule has 304 valence electrons. The van der Waals surface area contributed by atoms with Gasteiger partial charge in [-0.1, -0.05) is 178 Å². The molecule has 0 rings (SSSR count). The second-order valence-corrected chi connectivity index (χ2v) is 15.3. The number of phosphoric acid groups is 1. The molecule has 0 aliphatic rings. The average molecular weight is 754 g/mol. The van der Waals surface area contributed by atoms with E-state index in [2.05, 4.69) is 50.3 Å². The first-order valence-corrected chi connectivity index (χ1v) is 22.6. The van der Waals surface area contributed by atoms with E-state index in [0.29, 0.717) is 13.0 Å². The van der Waals surface area contributed by atoms with Gasteiger partial charge in [0.15, 0.2) is 0 Å². The highest BCUT2D eigenvalue weighted by Crippen LogP contribution is 2.43. The molecule has 2 unspecified atom stereocenters. The van der Waals surface area contributed by atoms with Crippen LogP contribution in [-0.2, 0) is 27.9 Å². The van der Waals surface area contributed by atoms with E-state index in [-0.39, 0.29) is 32.8 Å². The van der Waals surface area contributed by atoms with Gasteiger partial charge in [-0.25, -0.2) is 4.57 Å². The number of phosphoric ester groups is 1. The van der Waals surface area contributed by atoms with Crippen LogP contribution in [0.2, 0.25) is 0 Å². The summed E-state index contributed by atoms with van der Waals surface area (Å²) in [5, 5.41) is 0. The Labute approximate surface area is 320 Å². The SMILES string of the molecule is CCCCCCC=CCC=CCC=CCC=CCCC(=O)OC(COCCCCCCCCCCCCCCCCCC)COP(=O)(O)OCCN. The number of ether oxygens (including phenoxy) is 2. The molecule has 0 spiro atoms. The number of carbonyl (C=O) groups excluding carboxylic acids is 1. The van der Waals surface area contributed by atoms with Crippen LogP contribution >= 0.6 is 7.82 Å². The maximum absolute atomic E-state index is 12.5. The zero-order valence-corrected chi connectivity index (χ0v) is 34.4. The molecular weight excluding hydrogens is 673 g/mol. The van der Waals surface area contributed by atoms with Crippen LogP contribution < -0.4 is 5.73 Å². The number of carbonyl (C=O) groups is 1. The number of allylic oxidation sites excluding steroid dienone is 8. The predicted octanol–water partition coefficient (Wildman–Crippen LogP) is 12.4. The van der Waals surface area contributed by atoms with E-state index in [4.69, 9.17) is 24.3 Å². The van der Waals surface area contributed by atoms with Crippen molar-refractivity contribution in [1.29, 1.82) is 0 Å². The molecule has 0 bridgehead atoms. The van der Waals surface area contributed by atoms with E-state index in [1.54, 1.807) is 0 Å². The van der Waals surface area contributed by atoms with Gasteiger partial charge in [0.25, 0.3) is 0 Å².